The number of piperidine rings is 1. The summed E-state index contributed by atoms with van der Waals surface area (Å²) in [5.74, 6) is 0.184. The number of likely N-dealkylation sites (tertiary alicyclic amines) is 1. The maximum atomic E-state index is 11.4. The van der Waals surface area contributed by atoms with Gasteiger partial charge in [-0.1, -0.05) is 71.9 Å². The van der Waals surface area contributed by atoms with Crippen LogP contribution < -0.4 is 10.2 Å². The van der Waals surface area contributed by atoms with E-state index in [9.17, 15) is 4.79 Å². The van der Waals surface area contributed by atoms with Crippen LogP contribution in [-0.2, 0) is 22.8 Å². The smallest absolute Gasteiger partial charge is 0.267 e. The largest absolute Gasteiger partial charge is 0.486 e. The van der Waals surface area contributed by atoms with Crippen molar-refractivity contribution in [3.05, 3.63) is 107 Å². The van der Waals surface area contributed by atoms with Gasteiger partial charge >= 0.3 is 0 Å². The van der Waals surface area contributed by atoms with Gasteiger partial charge in [-0.25, -0.2) is 5.48 Å². The molecule has 0 aliphatic carbocycles. The van der Waals surface area contributed by atoms with Crippen molar-refractivity contribution in [2.45, 2.75) is 38.0 Å². The first kappa shape index (κ1) is 24.7. The number of rotatable bonds is 7. The Morgan fingerprint density at radius 1 is 1.03 bits per heavy atom. The average molecular weight is 498 g/mol. The van der Waals surface area contributed by atoms with Crippen LogP contribution in [0.1, 0.15) is 41.5 Å². The second-order valence-corrected chi connectivity index (χ2v) is 9.59. The fourth-order valence-corrected chi connectivity index (χ4v) is 4.92. The first-order valence-corrected chi connectivity index (χ1v) is 12.6. The van der Waals surface area contributed by atoms with Crippen LogP contribution in [0.4, 0.5) is 0 Å². The lowest BCUT2D eigenvalue weighted by Crippen LogP contribution is -2.50. The Hall–Kier alpha value is -3.94. The van der Waals surface area contributed by atoms with Crippen molar-refractivity contribution in [3.63, 3.8) is 0 Å². The highest BCUT2D eigenvalue weighted by Crippen LogP contribution is 2.40. The number of carbonyl (C=O) groups excluding carboxylic acids is 1. The van der Waals surface area contributed by atoms with Gasteiger partial charge in [-0.05, 0) is 34.9 Å². The third kappa shape index (κ3) is 6.25. The van der Waals surface area contributed by atoms with Gasteiger partial charge in [0.15, 0.2) is 0 Å². The number of benzene rings is 3. The highest BCUT2D eigenvalue weighted by atomic mass is 16.6. The van der Waals surface area contributed by atoms with E-state index in [0.717, 1.165) is 60.6 Å². The molecule has 2 heterocycles. The van der Waals surface area contributed by atoms with Crippen molar-refractivity contribution in [3.8, 4) is 5.75 Å². The van der Waals surface area contributed by atoms with Crippen molar-refractivity contribution < 1.29 is 19.6 Å². The van der Waals surface area contributed by atoms with Gasteiger partial charge in [0.05, 0.1) is 5.71 Å². The van der Waals surface area contributed by atoms with Gasteiger partial charge in [0, 0.05) is 50.5 Å². The molecule has 0 radical (unpaired) electrons. The summed E-state index contributed by atoms with van der Waals surface area (Å²) in [5.41, 5.74) is 6.15. The van der Waals surface area contributed by atoms with Gasteiger partial charge in [0.2, 0.25) is 0 Å². The lowest BCUT2D eigenvalue weighted by molar-refractivity contribution is -0.124. The molecule has 1 spiro atoms. The van der Waals surface area contributed by atoms with Gasteiger partial charge in [0.25, 0.3) is 5.91 Å². The zero-order valence-electron chi connectivity index (χ0n) is 20.7. The number of oxime groups is 1. The van der Waals surface area contributed by atoms with Crippen molar-refractivity contribution in [2.75, 3.05) is 13.1 Å². The van der Waals surface area contributed by atoms with Crippen molar-refractivity contribution in [1.82, 2.24) is 10.4 Å². The van der Waals surface area contributed by atoms with Gasteiger partial charge in [-0.15, -0.1) is 0 Å². The second kappa shape index (κ2) is 11.4. The predicted octanol–water partition coefficient (Wildman–Crippen LogP) is 4.94. The Bertz CT molecular complexity index is 1270. The van der Waals surface area contributed by atoms with Crippen molar-refractivity contribution in [1.29, 1.82) is 0 Å². The minimum Gasteiger partial charge on any atom is -0.486 e. The molecule has 1 amide bonds. The summed E-state index contributed by atoms with van der Waals surface area (Å²) in [6.07, 6.45) is 5.36. The third-order valence-corrected chi connectivity index (χ3v) is 6.93. The van der Waals surface area contributed by atoms with E-state index in [1.54, 1.807) is 11.6 Å². The molecule has 3 aromatic carbocycles. The van der Waals surface area contributed by atoms with E-state index >= 15 is 0 Å². The van der Waals surface area contributed by atoms with E-state index in [-0.39, 0.29) is 5.60 Å². The summed E-state index contributed by atoms with van der Waals surface area (Å²) >= 11 is 0. The molecule has 7 nitrogen and oxygen atoms in total. The molecular weight excluding hydrogens is 466 g/mol. The summed E-state index contributed by atoms with van der Waals surface area (Å²) in [6, 6.07) is 26.3. The number of amides is 1. The van der Waals surface area contributed by atoms with Gasteiger partial charge in [-0.2, -0.15) is 0 Å². The van der Waals surface area contributed by atoms with E-state index in [4.69, 9.17) is 14.8 Å². The minimum atomic E-state index is -0.588. The van der Waals surface area contributed by atoms with Crippen LogP contribution in [-0.4, -0.2) is 40.4 Å². The fourth-order valence-electron chi connectivity index (χ4n) is 4.92. The quantitative estimate of drug-likeness (QED) is 0.274. The molecule has 0 atom stereocenters. The highest BCUT2D eigenvalue weighted by Gasteiger charge is 2.42. The lowest BCUT2D eigenvalue weighted by Gasteiger charge is -2.44. The zero-order valence-corrected chi connectivity index (χ0v) is 20.7. The number of nitrogens with zero attached hydrogens (tertiary/aromatic N) is 2. The average Bonchev–Trinajstić information content (AvgIpc) is 2.94. The molecule has 0 bridgehead atoms. The van der Waals surface area contributed by atoms with Crippen LogP contribution in [0.2, 0.25) is 0 Å². The SMILES string of the molecule is O=C(C=Cc1ccc2c(c1)C(=NOCc1ccccc1)CC1(CCN(Cc3ccccc3)CC1)O2)NO. The first-order valence-electron chi connectivity index (χ1n) is 12.6. The summed E-state index contributed by atoms with van der Waals surface area (Å²) in [4.78, 5) is 19.7. The molecule has 2 N–H and O–H groups in total. The molecule has 5 rings (SSSR count). The van der Waals surface area contributed by atoms with Crippen LogP contribution >= 0.6 is 0 Å². The third-order valence-electron chi connectivity index (χ3n) is 6.93. The maximum Gasteiger partial charge on any atom is 0.267 e. The highest BCUT2D eigenvalue weighted by molar-refractivity contribution is 6.04. The molecule has 190 valence electrons. The second-order valence-electron chi connectivity index (χ2n) is 9.59. The van der Waals surface area contributed by atoms with E-state index in [1.165, 1.54) is 11.6 Å². The number of carbonyl (C=O) groups is 1. The fraction of sp³-hybridized carbons (Fsp3) is 0.267. The first-order chi connectivity index (χ1) is 18.1. The standard InChI is InChI=1S/C30H31N3O4/c34-29(31-35)14-12-23-11-13-28-26(19-23)27(32-36-22-25-9-5-2-6-10-25)20-30(37-28)15-17-33(18-16-30)21-24-7-3-1-4-8-24/h1-14,19,35H,15-18,20-22H2,(H,31,34). The molecule has 1 saturated heterocycles. The van der Waals surface area contributed by atoms with Crippen molar-refractivity contribution in [2.24, 2.45) is 5.16 Å². The van der Waals surface area contributed by atoms with Gasteiger partial charge in [-0.3, -0.25) is 14.9 Å². The summed E-state index contributed by atoms with van der Waals surface area (Å²) in [6.45, 7) is 3.21. The zero-order chi connectivity index (χ0) is 25.5. The van der Waals surface area contributed by atoms with E-state index in [1.807, 2.05) is 54.6 Å². The normalized spacial score (nSPS) is 17.9. The number of ether oxygens (including phenoxy) is 1. The minimum absolute atomic E-state index is 0.330. The van der Waals surface area contributed by atoms with E-state index in [2.05, 4.69) is 34.3 Å². The molecule has 0 saturated carbocycles. The van der Waals surface area contributed by atoms with Gasteiger partial charge < -0.3 is 9.57 Å². The number of nitrogens with one attached hydrogen (secondary N) is 1. The van der Waals surface area contributed by atoms with E-state index in [0.29, 0.717) is 13.0 Å². The molecule has 0 unspecified atom stereocenters. The van der Waals surface area contributed by atoms with E-state index < -0.39 is 5.91 Å². The van der Waals surface area contributed by atoms with Crippen LogP contribution in [0.25, 0.3) is 6.08 Å². The molecule has 2 aliphatic heterocycles. The van der Waals surface area contributed by atoms with Crippen molar-refractivity contribution >= 4 is 17.7 Å². The summed E-state index contributed by atoms with van der Waals surface area (Å²) in [5, 5.41) is 13.4. The topological polar surface area (TPSA) is 83.4 Å². The molecule has 1 fully saturated rings. The predicted molar refractivity (Wildman–Crippen MR) is 142 cm³/mol. The lowest BCUT2D eigenvalue weighted by atomic mass is 9.81. The molecule has 3 aromatic rings. The van der Waals surface area contributed by atoms with Crippen LogP contribution in [0.5, 0.6) is 5.75 Å². The van der Waals surface area contributed by atoms with Gasteiger partial charge in [0.1, 0.15) is 18.0 Å². The number of hydrogen-bond acceptors (Lipinski definition) is 6. The van der Waals surface area contributed by atoms with Crippen LogP contribution in [0.3, 0.4) is 0 Å². The molecule has 7 heteroatoms. The Balaban J connectivity index is 1.35. The van der Waals surface area contributed by atoms with Crippen LogP contribution in [0.15, 0.2) is 90.1 Å². The number of hydrogen-bond donors (Lipinski definition) is 2. The Morgan fingerprint density at radius 2 is 1.73 bits per heavy atom. The molecule has 2 aliphatic rings. The Labute approximate surface area is 217 Å². The Morgan fingerprint density at radius 3 is 2.43 bits per heavy atom. The monoisotopic (exact) mass is 497 g/mol. The summed E-state index contributed by atoms with van der Waals surface area (Å²) in [7, 11) is 0. The summed E-state index contributed by atoms with van der Waals surface area (Å²) < 4.78 is 6.65. The number of fused-ring (bicyclic) bond motifs is 1. The number of hydroxylamine groups is 1. The molecule has 37 heavy (non-hydrogen) atoms. The molecular formula is C30H31N3O4. The van der Waals surface area contributed by atoms with Crippen LogP contribution in [0, 0.1) is 0 Å². The maximum absolute atomic E-state index is 11.4. The molecule has 0 aromatic heterocycles. The Kier molecular flexibility index (Phi) is 7.63.